The maximum absolute atomic E-state index is 8.63. The van der Waals surface area contributed by atoms with Crippen molar-refractivity contribution < 1.29 is 22.0 Å². The Bertz CT molecular complexity index is 280. The molecule has 5 nitrogen and oxygen atoms in total. The number of hydrogen-bond donors (Lipinski definition) is 1. The first-order valence-corrected chi connectivity index (χ1v) is 8.99. The molecular formula is C14H33NO4S. The van der Waals surface area contributed by atoms with Crippen LogP contribution in [0.1, 0.15) is 65.2 Å². The Labute approximate surface area is 125 Å². The molecule has 0 saturated carbocycles. The zero-order valence-corrected chi connectivity index (χ0v) is 14.4. The maximum Gasteiger partial charge on any atom is 0.215 e. The quantitative estimate of drug-likeness (QED) is 0.291. The van der Waals surface area contributed by atoms with Crippen molar-refractivity contribution in [1.82, 2.24) is 0 Å². The predicted octanol–water partition coefficient (Wildman–Crippen LogP) is 3.23. The van der Waals surface area contributed by atoms with E-state index in [9.17, 15) is 0 Å². The Balaban J connectivity index is 0. The Kier molecular flexibility index (Phi) is 13.9. The monoisotopic (exact) mass is 311 g/mol. The van der Waals surface area contributed by atoms with Gasteiger partial charge in [0, 0.05) is 0 Å². The Morgan fingerprint density at radius 1 is 0.850 bits per heavy atom. The van der Waals surface area contributed by atoms with Gasteiger partial charge in [0.2, 0.25) is 10.4 Å². The van der Waals surface area contributed by atoms with E-state index >= 15 is 0 Å². The van der Waals surface area contributed by atoms with Gasteiger partial charge in [-0.1, -0.05) is 39.5 Å². The first-order valence-electron chi connectivity index (χ1n) is 7.62. The van der Waals surface area contributed by atoms with E-state index in [1.807, 2.05) is 0 Å². The number of hydrogen-bond acceptors (Lipinski definition) is 3. The summed E-state index contributed by atoms with van der Waals surface area (Å²) < 4.78 is 34.1. The molecule has 0 aliphatic carbocycles. The van der Waals surface area contributed by atoms with Gasteiger partial charge in [0.05, 0.1) is 27.2 Å². The van der Waals surface area contributed by atoms with Crippen LogP contribution >= 0.6 is 0 Å². The van der Waals surface area contributed by atoms with Crippen LogP contribution in [-0.2, 0) is 10.4 Å². The summed E-state index contributed by atoms with van der Waals surface area (Å²) in [6, 6.07) is 0. The van der Waals surface area contributed by atoms with Gasteiger partial charge >= 0.3 is 0 Å². The van der Waals surface area contributed by atoms with Crippen LogP contribution in [0, 0.1) is 0 Å². The molecule has 0 aromatic carbocycles. The van der Waals surface area contributed by atoms with E-state index < -0.39 is 10.4 Å². The Hall–Kier alpha value is -0.170. The molecule has 0 fully saturated rings. The molecule has 0 amide bonds. The second-order valence-corrected chi connectivity index (χ2v) is 6.79. The fraction of sp³-hybridized carbons (Fsp3) is 1.00. The molecule has 0 bridgehead atoms. The molecule has 6 heteroatoms. The molecule has 0 saturated heterocycles. The maximum atomic E-state index is 8.63. The average molecular weight is 311 g/mol. The molecule has 1 N–H and O–H groups in total. The lowest BCUT2D eigenvalue weighted by atomic mass is 10.1. The Morgan fingerprint density at radius 3 is 1.40 bits per heavy atom. The second-order valence-electron chi connectivity index (χ2n) is 5.93. The van der Waals surface area contributed by atoms with Gasteiger partial charge in [0.1, 0.15) is 0 Å². The van der Waals surface area contributed by atoms with Crippen LogP contribution in [0.2, 0.25) is 0 Å². The van der Waals surface area contributed by atoms with E-state index in [2.05, 4.69) is 27.9 Å². The van der Waals surface area contributed by atoms with Gasteiger partial charge in [0.15, 0.2) is 0 Å². The summed E-state index contributed by atoms with van der Waals surface area (Å²) >= 11 is 0. The van der Waals surface area contributed by atoms with E-state index in [4.69, 9.17) is 17.5 Å². The fourth-order valence-electron chi connectivity index (χ4n) is 2.05. The third kappa shape index (κ3) is 26.4. The van der Waals surface area contributed by atoms with Gasteiger partial charge in [-0.05, 0) is 25.7 Å². The van der Waals surface area contributed by atoms with E-state index in [1.165, 1.54) is 68.9 Å². The lowest BCUT2D eigenvalue weighted by Crippen LogP contribution is -2.41. The first kappa shape index (κ1) is 22.1. The third-order valence-corrected chi connectivity index (χ3v) is 3.23. The van der Waals surface area contributed by atoms with Gasteiger partial charge in [-0.25, -0.2) is 8.42 Å². The number of nitrogens with zero attached hydrogens (tertiary/aromatic N) is 1. The third-order valence-electron chi connectivity index (χ3n) is 3.23. The molecule has 20 heavy (non-hydrogen) atoms. The van der Waals surface area contributed by atoms with Crippen molar-refractivity contribution in [2.75, 3.05) is 27.2 Å². The smallest absolute Gasteiger partial charge is 0.215 e. The molecule has 124 valence electrons. The molecule has 0 aromatic heterocycles. The van der Waals surface area contributed by atoms with Crippen LogP contribution < -0.4 is 0 Å². The lowest BCUT2D eigenvalue weighted by Gasteiger charge is -2.30. The zero-order valence-electron chi connectivity index (χ0n) is 13.6. The van der Waals surface area contributed by atoms with Gasteiger partial charge in [0.25, 0.3) is 0 Å². The highest BCUT2D eigenvalue weighted by Crippen LogP contribution is 2.08. The Morgan fingerprint density at radius 2 is 1.15 bits per heavy atom. The van der Waals surface area contributed by atoms with Crippen molar-refractivity contribution in [3.8, 4) is 0 Å². The summed E-state index contributed by atoms with van der Waals surface area (Å²) in [4.78, 5) is 0. The standard InChI is InChI=1S/C14H32N.H2O4S/c1-5-7-9-11-13-15(3,4)14-12-10-8-6-2;1-5(2,3)4/h5-14H2,1-4H3;(H2,1,2,3,4)/q+1;/p-1. The summed E-state index contributed by atoms with van der Waals surface area (Å²) in [5, 5.41) is 0. The van der Waals surface area contributed by atoms with Gasteiger partial charge < -0.3 is 9.04 Å². The molecule has 0 radical (unpaired) electrons. The topological polar surface area (TPSA) is 77.4 Å². The summed E-state index contributed by atoms with van der Waals surface area (Å²) in [5.74, 6) is 0. The van der Waals surface area contributed by atoms with Crippen LogP contribution in [0.15, 0.2) is 0 Å². The van der Waals surface area contributed by atoms with Crippen molar-refractivity contribution in [3.05, 3.63) is 0 Å². The summed E-state index contributed by atoms with van der Waals surface area (Å²) in [5.41, 5.74) is 0. The molecule has 0 spiro atoms. The van der Waals surface area contributed by atoms with Gasteiger partial charge in [-0.15, -0.1) is 0 Å². The minimum atomic E-state index is -4.92. The van der Waals surface area contributed by atoms with Gasteiger partial charge in [-0.2, -0.15) is 0 Å². The minimum Gasteiger partial charge on any atom is -0.726 e. The molecular weight excluding hydrogens is 278 g/mol. The van der Waals surface area contributed by atoms with Crippen molar-refractivity contribution in [1.29, 1.82) is 0 Å². The van der Waals surface area contributed by atoms with Crippen molar-refractivity contribution >= 4 is 10.4 Å². The van der Waals surface area contributed by atoms with E-state index in [0.717, 1.165) is 0 Å². The first-order chi connectivity index (χ1) is 9.12. The highest BCUT2D eigenvalue weighted by molar-refractivity contribution is 7.79. The van der Waals surface area contributed by atoms with Crippen LogP contribution in [-0.4, -0.2) is 49.2 Å². The molecule has 0 aliphatic heterocycles. The second kappa shape index (κ2) is 12.6. The van der Waals surface area contributed by atoms with Crippen LogP contribution in [0.5, 0.6) is 0 Å². The highest BCUT2D eigenvalue weighted by Gasteiger charge is 2.13. The summed E-state index contributed by atoms with van der Waals surface area (Å²) in [6.45, 7) is 7.30. The summed E-state index contributed by atoms with van der Waals surface area (Å²) in [7, 11) is -0.143. The minimum absolute atomic E-state index is 1.23. The molecule has 0 atom stereocenters. The van der Waals surface area contributed by atoms with E-state index in [-0.39, 0.29) is 0 Å². The number of quaternary nitrogens is 1. The van der Waals surface area contributed by atoms with Crippen molar-refractivity contribution in [2.24, 2.45) is 0 Å². The fourth-order valence-corrected chi connectivity index (χ4v) is 2.05. The zero-order chi connectivity index (χ0) is 16.1. The SMILES string of the molecule is CCCCCC[N+](C)(C)CCCCCC.O=S(=O)([O-])O. The average Bonchev–Trinajstić information content (AvgIpc) is 2.28. The van der Waals surface area contributed by atoms with Crippen molar-refractivity contribution in [3.63, 3.8) is 0 Å². The summed E-state index contributed by atoms with van der Waals surface area (Å²) in [6.07, 6.45) is 11.2. The number of rotatable bonds is 10. The van der Waals surface area contributed by atoms with E-state index in [0.29, 0.717) is 0 Å². The van der Waals surface area contributed by atoms with Crippen molar-refractivity contribution in [2.45, 2.75) is 65.2 Å². The van der Waals surface area contributed by atoms with Crippen LogP contribution in [0.25, 0.3) is 0 Å². The molecule has 0 unspecified atom stereocenters. The highest BCUT2D eigenvalue weighted by atomic mass is 32.3. The molecule has 0 aliphatic rings. The van der Waals surface area contributed by atoms with Gasteiger partial charge in [-0.3, -0.25) is 4.55 Å². The lowest BCUT2D eigenvalue weighted by molar-refractivity contribution is -0.890. The van der Waals surface area contributed by atoms with E-state index in [1.54, 1.807) is 0 Å². The molecule has 0 heterocycles. The largest absolute Gasteiger partial charge is 0.726 e. The van der Waals surface area contributed by atoms with Crippen LogP contribution in [0.4, 0.5) is 0 Å². The number of unbranched alkanes of at least 4 members (excludes halogenated alkanes) is 6. The normalized spacial score (nSPS) is 11.9. The predicted molar refractivity (Wildman–Crippen MR) is 82.5 cm³/mol. The van der Waals surface area contributed by atoms with Crippen LogP contribution in [0.3, 0.4) is 0 Å². The molecule has 0 aromatic rings. The molecule has 0 rings (SSSR count).